The van der Waals surface area contributed by atoms with Gasteiger partial charge in [0.1, 0.15) is 28.9 Å². The summed E-state index contributed by atoms with van der Waals surface area (Å²) in [4.78, 5) is 0. The standard InChI is InChI=1S/C14H11Cl2F3N4O/c1-7(2)22-13-8(5-20)6-21-23(13)12-10(15)3-9(4-11(12)16)24-14(17,18)19/h3-4,6-7,22H,1-2H3. The number of nitrogens with one attached hydrogen (secondary N) is 1. The van der Waals surface area contributed by atoms with Crippen molar-refractivity contribution < 1.29 is 17.9 Å². The Hall–Kier alpha value is -2.11. The fourth-order valence-electron chi connectivity index (χ4n) is 1.95. The van der Waals surface area contributed by atoms with Gasteiger partial charge in [-0.25, -0.2) is 4.68 Å². The lowest BCUT2D eigenvalue weighted by atomic mass is 10.2. The first-order valence-electron chi connectivity index (χ1n) is 6.62. The molecule has 5 nitrogen and oxygen atoms in total. The molecule has 0 atom stereocenters. The molecular weight excluding hydrogens is 368 g/mol. The summed E-state index contributed by atoms with van der Waals surface area (Å²) in [6, 6.07) is 3.89. The van der Waals surface area contributed by atoms with E-state index in [1.807, 2.05) is 19.9 Å². The topological polar surface area (TPSA) is 62.9 Å². The average Bonchev–Trinajstić information content (AvgIpc) is 2.78. The van der Waals surface area contributed by atoms with E-state index >= 15 is 0 Å². The minimum Gasteiger partial charge on any atom is -0.406 e. The van der Waals surface area contributed by atoms with Gasteiger partial charge in [0.05, 0.1) is 16.2 Å². The van der Waals surface area contributed by atoms with Crippen molar-refractivity contribution >= 4 is 29.0 Å². The van der Waals surface area contributed by atoms with Gasteiger partial charge in [0.2, 0.25) is 0 Å². The van der Waals surface area contributed by atoms with Gasteiger partial charge in [-0.1, -0.05) is 23.2 Å². The second-order valence-electron chi connectivity index (χ2n) is 5.01. The highest BCUT2D eigenvalue weighted by molar-refractivity contribution is 6.38. The molecule has 0 radical (unpaired) electrons. The molecule has 128 valence electrons. The van der Waals surface area contributed by atoms with E-state index in [-0.39, 0.29) is 27.3 Å². The van der Waals surface area contributed by atoms with E-state index in [4.69, 9.17) is 28.5 Å². The van der Waals surface area contributed by atoms with E-state index in [0.29, 0.717) is 5.82 Å². The van der Waals surface area contributed by atoms with Gasteiger partial charge in [-0.2, -0.15) is 10.4 Å². The Labute approximate surface area is 145 Å². The molecule has 0 aliphatic rings. The fourth-order valence-corrected chi connectivity index (χ4v) is 2.58. The van der Waals surface area contributed by atoms with Crippen molar-refractivity contribution in [1.29, 1.82) is 5.26 Å². The zero-order chi connectivity index (χ0) is 18.1. The van der Waals surface area contributed by atoms with Crippen LogP contribution in [0, 0.1) is 11.3 Å². The third-order valence-electron chi connectivity index (χ3n) is 2.75. The van der Waals surface area contributed by atoms with Crippen LogP contribution in [0.5, 0.6) is 5.75 Å². The van der Waals surface area contributed by atoms with Gasteiger partial charge in [-0.05, 0) is 13.8 Å². The number of hydrogen-bond donors (Lipinski definition) is 1. The number of nitrogens with zero attached hydrogens (tertiary/aromatic N) is 3. The lowest BCUT2D eigenvalue weighted by Gasteiger charge is -2.16. The third kappa shape index (κ3) is 4.04. The molecule has 0 fully saturated rings. The molecule has 0 bridgehead atoms. The summed E-state index contributed by atoms with van der Waals surface area (Å²) in [5.74, 6) is -0.215. The van der Waals surface area contributed by atoms with E-state index in [2.05, 4.69) is 15.2 Å². The van der Waals surface area contributed by atoms with Crippen LogP contribution in [0.25, 0.3) is 5.69 Å². The first kappa shape index (κ1) is 18.2. The number of anilines is 1. The first-order chi connectivity index (χ1) is 11.1. The summed E-state index contributed by atoms with van der Waals surface area (Å²) in [6.45, 7) is 3.70. The van der Waals surface area contributed by atoms with E-state index in [1.54, 1.807) is 0 Å². The van der Waals surface area contributed by atoms with Gasteiger partial charge < -0.3 is 10.1 Å². The summed E-state index contributed by atoms with van der Waals surface area (Å²) in [6.07, 6.45) is -3.56. The van der Waals surface area contributed by atoms with Crippen molar-refractivity contribution in [3.05, 3.63) is 33.9 Å². The minimum atomic E-state index is -4.86. The molecule has 0 aliphatic heterocycles. The van der Waals surface area contributed by atoms with Crippen LogP contribution in [-0.2, 0) is 0 Å². The molecule has 0 unspecified atom stereocenters. The molecule has 0 amide bonds. The zero-order valence-electron chi connectivity index (χ0n) is 12.4. The molecular formula is C14H11Cl2F3N4O. The number of ether oxygens (including phenoxy) is 1. The highest BCUT2D eigenvalue weighted by atomic mass is 35.5. The number of nitriles is 1. The normalized spacial score (nSPS) is 11.5. The van der Waals surface area contributed by atoms with Crippen molar-refractivity contribution in [2.75, 3.05) is 5.32 Å². The van der Waals surface area contributed by atoms with E-state index in [0.717, 1.165) is 12.1 Å². The Bertz CT molecular complexity index is 773. The number of halogens is 5. The van der Waals surface area contributed by atoms with E-state index < -0.39 is 12.1 Å². The zero-order valence-corrected chi connectivity index (χ0v) is 14.0. The number of hydrogen-bond acceptors (Lipinski definition) is 4. The van der Waals surface area contributed by atoms with Crippen molar-refractivity contribution in [3.63, 3.8) is 0 Å². The van der Waals surface area contributed by atoms with Crippen molar-refractivity contribution in [2.45, 2.75) is 26.3 Å². The summed E-state index contributed by atoms with van der Waals surface area (Å²) >= 11 is 12.1. The van der Waals surface area contributed by atoms with Crippen molar-refractivity contribution in [1.82, 2.24) is 9.78 Å². The minimum absolute atomic E-state index is 0.0297. The predicted octanol–water partition coefficient (Wildman–Crippen LogP) is 4.77. The lowest BCUT2D eigenvalue weighted by Crippen LogP contribution is -2.17. The number of rotatable bonds is 4. The molecule has 0 saturated heterocycles. The Morgan fingerprint density at radius 2 is 1.88 bits per heavy atom. The molecule has 0 saturated carbocycles. The highest BCUT2D eigenvalue weighted by Crippen LogP contribution is 2.37. The van der Waals surface area contributed by atoms with Gasteiger partial charge >= 0.3 is 6.36 Å². The maximum atomic E-state index is 12.3. The fraction of sp³-hybridized carbons (Fsp3) is 0.286. The van der Waals surface area contributed by atoms with E-state index in [9.17, 15) is 13.2 Å². The van der Waals surface area contributed by atoms with Crippen LogP contribution in [0.2, 0.25) is 10.0 Å². The molecule has 1 heterocycles. The monoisotopic (exact) mass is 378 g/mol. The lowest BCUT2D eigenvalue weighted by molar-refractivity contribution is -0.274. The molecule has 0 spiro atoms. The van der Waals surface area contributed by atoms with Gasteiger partial charge in [0.15, 0.2) is 0 Å². The third-order valence-corrected chi connectivity index (χ3v) is 3.33. The van der Waals surface area contributed by atoms with Crippen LogP contribution >= 0.6 is 23.2 Å². The number of benzene rings is 1. The van der Waals surface area contributed by atoms with Crippen molar-refractivity contribution in [3.8, 4) is 17.5 Å². The van der Waals surface area contributed by atoms with Crippen LogP contribution in [0.1, 0.15) is 19.4 Å². The smallest absolute Gasteiger partial charge is 0.406 e. The largest absolute Gasteiger partial charge is 0.573 e. The summed E-state index contributed by atoms with van der Waals surface area (Å²) in [7, 11) is 0. The Balaban J connectivity index is 2.54. The van der Waals surface area contributed by atoms with Crippen molar-refractivity contribution in [2.24, 2.45) is 0 Å². The second-order valence-corrected chi connectivity index (χ2v) is 5.83. The molecule has 1 aromatic carbocycles. The summed E-state index contributed by atoms with van der Waals surface area (Å²) in [5, 5.41) is 16.0. The molecule has 24 heavy (non-hydrogen) atoms. The molecule has 2 rings (SSSR count). The maximum Gasteiger partial charge on any atom is 0.573 e. The quantitative estimate of drug-likeness (QED) is 0.831. The molecule has 2 aromatic rings. The van der Waals surface area contributed by atoms with Crippen LogP contribution in [0.3, 0.4) is 0 Å². The predicted molar refractivity (Wildman–Crippen MR) is 83.7 cm³/mol. The average molecular weight is 379 g/mol. The second kappa shape index (κ2) is 6.79. The maximum absolute atomic E-state index is 12.3. The molecule has 10 heteroatoms. The van der Waals surface area contributed by atoms with Crippen LogP contribution in [0.4, 0.5) is 19.0 Å². The Kier molecular flexibility index (Phi) is 5.16. The highest BCUT2D eigenvalue weighted by Gasteiger charge is 2.32. The van der Waals surface area contributed by atoms with Crippen LogP contribution in [0.15, 0.2) is 18.3 Å². The number of aromatic nitrogens is 2. The summed E-state index contributed by atoms with van der Waals surface area (Å²) in [5.41, 5.74) is 0.379. The summed E-state index contributed by atoms with van der Waals surface area (Å²) < 4.78 is 42.0. The van der Waals surface area contributed by atoms with Gasteiger partial charge in [-0.15, -0.1) is 13.2 Å². The van der Waals surface area contributed by atoms with Gasteiger partial charge in [0.25, 0.3) is 0 Å². The molecule has 1 aromatic heterocycles. The molecule has 1 N–H and O–H groups in total. The Morgan fingerprint density at radius 3 is 2.33 bits per heavy atom. The number of alkyl halides is 3. The van der Waals surface area contributed by atoms with Crippen LogP contribution < -0.4 is 10.1 Å². The van der Waals surface area contributed by atoms with Gasteiger partial charge in [-0.3, -0.25) is 0 Å². The molecule has 0 aliphatic carbocycles. The van der Waals surface area contributed by atoms with Gasteiger partial charge in [0, 0.05) is 18.2 Å². The first-order valence-corrected chi connectivity index (χ1v) is 7.37. The SMILES string of the molecule is CC(C)Nc1c(C#N)cnn1-c1c(Cl)cc(OC(F)(F)F)cc1Cl. The van der Waals surface area contributed by atoms with Crippen LogP contribution in [-0.4, -0.2) is 22.2 Å². The Morgan fingerprint density at radius 1 is 1.29 bits per heavy atom. The van der Waals surface area contributed by atoms with E-state index in [1.165, 1.54) is 10.9 Å².